The number of amides is 1. The van der Waals surface area contributed by atoms with Gasteiger partial charge in [0.2, 0.25) is 5.91 Å². The smallest absolute Gasteiger partial charge is 0.241 e. The summed E-state index contributed by atoms with van der Waals surface area (Å²) in [4.78, 5) is 11.4. The van der Waals surface area contributed by atoms with Crippen LogP contribution in [0.3, 0.4) is 0 Å². The fourth-order valence-corrected chi connectivity index (χ4v) is 1.31. The molecule has 0 aliphatic rings. The summed E-state index contributed by atoms with van der Waals surface area (Å²) in [5.74, 6) is -4.30. The predicted octanol–water partition coefficient (Wildman–Crippen LogP) is 2.17. The summed E-state index contributed by atoms with van der Waals surface area (Å²) in [6.07, 6.45) is 1.08. The van der Waals surface area contributed by atoms with Gasteiger partial charge in [-0.2, -0.15) is 0 Å². The molecular formula is C11H13F3N2O. The van der Waals surface area contributed by atoms with E-state index in [1.807, 2.05) is 6.92 Å². The Bertz CT molecular complexity index is 423. The molecule has 0 spiro atoms. The molecule has 17 heavy (non-hydrogen) atoms. The minimum absolute atomic E-state index is 0.400. The molecule has 0 aliphatic heterocycles. The maximum Gasteiger partial charge on any atom is 0.241 e. The first-order chi connectivity index (χ1) is 7.95. The number of hydrogen-bond donors (Lipinski definition) is 2. The molecule has 3 N–H and O–H groups in total. The number of anilines is 1. The third-order valence-electron chi connectivity index (χ3n) is 2.19. The van der Waals surface area contributed by atoms with Crippen LogP contribution in [0.15, 0.2) is 12.1 Å². The van der Waals surface area contributed by atoms with Gasteiger partial charge in [-0.25, -0.2) is 13.2 Å². The van der Waals surface area contributed by atoms with E-state index in [0.717, 1.165) is 0 Å². The lowest BCUT2D eigenvalue weighted by molar-refractivity contribution is -0.117. The van der Waals surface area contributed by atoms with Crippen molar-refractivity contribution in [3.63, 3.8) is 0 Å². The lowest BCUT2D eigenvalue weighted by atomic mass is 10.1. The second-order valence-electron chi connectivity index (χ2n) is 3.63. The number of carbonyl (C=O) groups excluding carboxylic acids is 1. The third kappa shape index (κ3) is 3.45. The van der Waals surface area contributed by atoms with Crippen LogP contribution >= 0.6 is 0 Å². The summed E-state index contributed by atoms with van der Waals surface area (Å²) in [6.45, 7) is 1.83. The minimum Gasteiger partial charge on any atom is -0.322 e. The van der Waals surface area contributed by atoms with Crippen molar-refractivity contribution in [1.29, 1.82) is 0 Å². The van der Waals surface area contributed by atoms with Gasteiger partial charge in [-0.3, -0.25) is 4.79 Å². The van der Waals surface area contributed by atoms with Crippen LogP contribution in [0.4, 0.5) is 18.9 Å². The molecule has 0 heterocycles. The molecule has 94 valence electrons. The lowest BCUT2D eigenvalue weighted by Crippen LogP contribution is -2.35. The summed E-state index contributed by atoms with van der Waals surface area (Å²) < 4.78 is 38.9. The van der Waals surface area contributed by atoms with Gasteiger partial charge in [0.25, 0.3) is 0 Å². The van der Waals surface area contributed by atoms with Crippen molar-refractivity contribution in [1.82, 2.24) is 0 Å². The van der Waals surface area contributed by atoms with Gasteiger partial charge in [-0.05, 0) is 6.42 Å². The molecule has 1 atom stereocenters. The van der Waals surface area contributed by atoms with E-state index in [1.165, 1.54) is 0 Å². The van der Waals surface area contributed by atoms with Gasteiger partial charge in [0.05, 0.1) is 11.7 Å². The van der Waals surface area contributed by atoms with E-state index in [1.54, 1.807) is 0 Å². The van der Waals surface area contributed by atoms with Crippen molar-refractivity contribution in [2.24, 2.45) is 5.73 Å². The first-order valence-corrected chi connectivity index (χ1v) is 5.16. The van der Waals surface area contributed by atoms with Gasteiger partial charge in [0.1, 0.15) is 5.82 Å². The van der Waals surface area contributed by atoms with Gasteiger partial charge < -0.3 is 11.1 Å². The van der Waals surface area contributed by atoms with E-state index in [2.05, 4.69) is 5.32 Å². The van der Waals surface area contributed by atoms with E-state index in [4.69, 9.17) is 5.73 Å². The van der Waals surface area contributed by atoms with Gasteiger partial charge >= 0.3 is 0 Å². The number of benzene rings is 1. The van der Waals surface area contributed by atoms with Crippen LogP contribution in [0.5, 0.6) is 0 Å². The van der Waals surface area contributed by atoms with E-state index in [-0.39, 0.29) is 0 Å². The average molecular weight is 246 g/mol. The Morgan fingerprint density at radius 2 is 2.06 bits per heavy atom. The molecule has 1 amide bonds. The van der Waals surface area contributed by atoms with E-state index in [9.17, 15) is 18.0 Å². The molecular weight excluding hydrogens is 233 g/mol. The SMILES string of the molecule is CCCC(N)C(=O)Nc1cc(F)cc(F)c1F. The normalized spacial score (nSPS) is 12.3. The third-order valence-corrected chi connectivity index (χ3v) is 2.19. The highest BCUT2D eigenvalue weighted by Gasteiger charge is 2.17. The Morgan fingerprint density at radius 3 is 2.65 bits per heavy atom. The molecule has 0 radical (unpaired) electrons. The Morgan fingerprint density at radius 1 is 1.41 bits per heavy atom. The molecule has 0 saturated heterocycles. The zero-order valence-electron chi connectivity index (χ0n) is 9.27. The number of hydrogen-bond acceptors (Lipinski definition) is 2. The fraction of sp³-hybridized carbons (Fsp3) is 0.364. The second-order valence-corrected chi connectivity index (χ2v) is 3.63. The highest BCUT2D eigenvalue weighted by molar-refractivity contribution is 5.94. The van der Waals surface area contributed by atoms with Gasteiger partial charge in [0, 0.05) is 12.1 Å². The zero-order chi connectivity index (χ0) is 13.0. The topological polar surface area (TPSA) is 55.1 Å². The highest BCUT2D eigenvalue weighted by atomic mass is 19.2. The Hall–Kier alpha value is -1.56. The molecule has 0 saturated carbocycles. The molecule has 3 nitrogen and oxygen atoms in total. The lowest BCUT2D eigenvalue weighted by Gasteiger charge is -2.12. The predicted molar refractivity (Wildman–Crippen MR) is 57.8 cm³/mol. The fourth-order valence-electron chi connectivity index (χ4n) is 1.31. The van der Waals surface area contributed by atoms with Crippen molar-refractivity contribution < 1.29 is 18.0 Å². The zero-order valence-corrected chi connectivity index (χ0v) is 9.27. The number of rotatable bonds is 4. The van der Waals surface area contributed by atoms with E-state index in [0.29, 0.717) is 25.0 Å². The molecule has 0 fully saturated rings. The first-order valence-electron chi connectivity index (χ1n) is 5.16. The van der Waals surface area contributed by atoms with E-state index >= 15 is 0 Å². The molecule has 6 heteroatoms. The van der Waals surface area contributed by atoms with Crippen molar-refractivity contribution in [2.75, 3.05) is 5.32 Å². The number of halogens is 3. The van der Waals surface area contributed by atoms with Crippen LogP contribution in [-0.4, -0.2) is 11.9 Å². The molecule has 1 aromatic rings. The van der Waals surface area contributed by atoms with Crippen LogP contribution < -0.4 is 11.1 Å². The highest BCUT2D eigenvalue weighted by Crippen LogP contribution is 2.19. The monoisotopic (exact) mass is 246 g/mol. The second kappa shape index (κ2) is 5.67. The summed E-state index contributed by atoms with van der Waals surface area (Å²) in [5, 5.41) is 2.06. The molecule has 0 aliphatic carbocycles. The first kappa shape index (κ1) is 13.5. The Labute approximate surface area is 96.8 Å². The van der Waals surface area contributed by atoms with Gasteiger partial charge in [-0.15, -0.1) is 0 Å². The summed E-state index contributed by atoms with van der Waals surface area (Å²) in [6, 6.07) is 0.275. The molecule has 0 aromatic heterocycles. The Kier molecular flexibility index (Phi) is 4.51. The number of nitrogens with two attached hydrogens (primary N) is 1. The van der Waals surface area contributed by atoms with E-state index < -0.39 is 35.1 Å². The summed E-state index contributed by atoms with van der Waals surface area (Å²) in [5.41, 5.74) is 4.94. The van der Waals surface area contributed by atoms with Crippen LogP contribution in [0, 0.1) is 17.5 Å². The number of carbonyl (C=O) groups is 1. The van der Waals surface area contributed by atoms with Crippen molar-refractivity contribution in [3.05, 3.63) is 29.6 Å². The average Bonchev–Trinajstić information content (AvgIpc) is 2.25. The summed E-state index contributed by atoms with van der Waals surface area (Å²) in [7, 11) is 0. The maximum absolute atomic E-state index is 13.2. The van der Waals surface area contributed by atoms with Crippen LogP contribution in [-0.2, 0) is 4.79 Å². The van der Waals surface area contributed by atoms with Crippen LogP contribution in [0.25, 0.3) is 0 Å². The largest absolute Gasteiger partial charge is 0.322 e. The molecule has 1 unspecified atom stereocenters. The molecule has 0 bridgehead atoms. The standard InChI is InChI=1S/C11H13F3N2O/c1-2-3-8(15)11(17)16-9-5-6(12)4-7(13)10(9)14/h4-5,8H,2-3,15H2,1H3,(H,16,17). The van der Waals surface area contributed by atoms with Crippen LogP contribution in [0.2, 0.25) is 0 Å². The van der Waals surface area contributed by atoms with Gasteiger partial charge in [0.15, 0.2) is 11.6 Å². The van der Waals surface area contributed by atoms with Crippen LogP contribution in [0.1, 0.15) is 19.8 Å². The van der Waals surface area contributed by atoms with Crippen molar-refractivity contribution in [2.45, 2.75) is 25.8 Å². The molecule has 1 aromatic carbocycles. The molecule has 1 rings (SSSR count). The number of nitrogens with one attached hydrogen (secondary N) is 1. The quantitative estimate of drug-likeness (QED) is 0.800. The van der Waals surface area contributed by atoms with Gasteiger partial charge in [-0.1, -0.05) is 13.3 Å². The minimum atomic E-state index is -1.36. The van der Waals surface area contributed by atoms with Crippen molar-refractivity contribution >= 4 is 11.6 Å². The summed E-state index contributed by atoms with van der Waals surface area (Å²) >= 11 is 0. The van der Waals surface area contributed by atoms with Crippen molar-refractivity contribution in [3.8, 4) is 0 Å². The maximum atomic E-state index is 13.2. The Balaban J connectivity index is 2.85.